The fraction of sp³-hybridized carbons (Fsp3) is 0.333. The van der Waals surface area contributed by atoms with E-state index in [9.17, 15) is 13.5 Å². The smallest absolute Gasteiger partial charge is 0.183 e. The third-order valence-electron chi connectivity index (χ3n) is 4.80. The summed E-state index contributed by atoms with van der Waals surface area (Å²) in [4.78, 5) is 0.174. The summed E-state index contributed by atoms with van der Waals surface area (Å²) in [6.07, 6.45) is 0.908. The second-order valence-electron chi connectivity index (χ2n) is 6.26. The van der Waals surface area contributed by atoms with Crippen LogP contribution in [0.1, 0.15) is 24.0 Å². The monoisotopic (exact) mass is 365 g/mol. The molecule has 0 bridgehead atoms. The number of aliphatic hydroxyl groups is 1. The zero-order valence-corrected chi connectivity index (χ0v) is 14.9. The lowest BCUT2D eigenvalue weighted by Gasteiger charge is -2.08. The van der Waals surface area contributed by atoms with Crippen LogP contribution >= 0.6 is 11.6 Å². The molecular formula is C18H20ClNO3S. The highest BCUT2D eigenvalue weighted by atomic mass is 35.5. The lowest BCUT2D eigenvalue weighted by Crippen LogP contribution is -2.35. The minimum absolute atomic E-state index is 0.174. The van der Waals surface area contributed by atoms with Crippen molar-refractivity contribution >= 4 is 21.4 Å². The molecule has 0 heterocycles. The second-order valence-corrected chi connectivity index (χ2v) is 8.77. The average Bonchev–Trinajstić information content (AvgIpc) is 3.23. The second kappa shape index (κ2) is 6.15. The largest absolute Gasteiger partial charge is 0.394 e. The van der Waals surface area contributed by atoms with Crippen molar-refractivity contribution in [3.63, 3.8) is 0 Å². The Balaban J connectivity index is 1.98. The van der Waals surface area contributed by atoms with Gasteiger partial charge in [-0.05, 0) is 41.8 Å². The number of aliphatic hydroxyl groups excluding tert-OH is 1. The van der Waals surface area contributed by atoms with Gasteiger partial charge in [0, 0.05) is 10.9 Å². The van der Waals surface area contributed by atoms with Gasteiger partial charge in [0.25, 0.3) is 0 Å². The highest BCUT2D eigenvalue weighted by Crippen LogP contribution is 2.55. The molecule has 24 heavy (non-hydrogen) atoms. The van der Waals surface area contributed by atoms with Crippen LogP contribution in [0.2, 0.25) is 5.02 Å². The number of benzene rings is 2. The summed E-state index contributed by atoms with van der Waals surface area (Å²) in [6, 6.07) is 13.8. The number of sulfone groups is 1. The molecule has 0 aromatic heterocycles. The van der Waals surface area contributed by atoms with Gasteiger partial charge in [0.1, 0.15) is 0 Å². The lowest BCUT2D eigenvalue weighted by atomic mass is 10.0. The first kappa shape index (κ1) is 17.4. The van der Waals surface area contributed by atoms with Gasteiger partial charge < -0.3 is 10.8 Å². The molecule has 3 unspecified atom stereocenters. The molecule has 0 amide bonds. The van der Waals surface area contributed by atoms with E-state index >= 15 is 0 Å². The predicted molar refractivity (Wildman–Crippen MR) is 95.0 cm³/mol. The van der Waals surface area contributed by atoms with Crippen molar-refractivity contribution in [2.75, 3.05) is 6.61 Å². The van der Waals surface area contributed by atoms with E-state index < -0.39 is 26.5 Å². The van der Waals surface area contributed by atoms with Gasteiger partial charge >= 0.3 is 0 Å². The summed E-state index contributed by atoms with van der Waals surface area (Å²) >= 11 is 5.83. The Labute approximate surface area is 147 Å². The van der Waals surface area contributed by atoms with Crippen molar-refractivity contribution in [3.05, 3.63) is 64.7 Å². The van der Waals surface area contributed by atoms with Crippen LogP contribution in [0.15, 0.2) is 53.4 Å². The van der Waals surface area contributed by atoms with E-state index in [1.165, 1.54) is 17.7 Å². The van der Waals surface area contributed by atoms with Crippen LogP contribution in [0, 0.1) is 0 Å². The van der Waals surface area contributed by atoms with Crippen molar-refractivity contribution in [3.8, 4) is 0 Å². The van der Waals surface area contributed by atoms with Crippen molar-refractivity contribution in [2.45, 2.75) is 34.9 Å². The molecule has 3 atom stereocenters. The quantitative estimate of drug-likeness (QED) is 0.853. The maximum atomic E-state index is 13.0. The summed E-state index contributed by atoms with van der Waals surface area (Å²) in [5, 5.41) is 9.34. The standard InChI is InChI=1S/C18H20ClNO3S/c1-2-12-3-5-13(6-4-12)16-17(18(16,20)11-21)24(22,23)15-9-7-14(19)8-10-15/h3-10,16-17,21H,2,11,20H2,1H3. The van der Waals surface area contributed by atoms with Gasteiger partial charge in [-0.25, -0.2) is 8.42 Å². The SMILES string of the molecule is CCc1ccc(C2C(S(=O)(=O)c3ccc(Cl)cc3)C2(N)CO)cc1. The zero-order chi connectivity index (χ0) is 17.5. The van der Waals surface area contributed by atoms with Gasteiger partial charge in [0.2, 0.25) is 0 Å². The highest BCUT2D eigenvalue weighted by molar-refractivity contribution is 7.92. The van der Waals surface area contributed by atoms with Crippen molar-refractivity contribution in [2.24, 2.45) is 5.73 Å². The summed E-state index contributed by atoms with van der Waals surface area (Å²) in [6.45, 7) is 1.67. The zero-order valence-electron chi connectivity index (χ0n) is 13.3. The fourth-order valence-electron chi connectivity index (χ4n) is 3.30. The van der Waals surface area contributed by atoms with E-state index in [-0.39, 0.29) is 11.5 Å². The molecule has 0 aliphatic heterocycles. The molecule has 0 radical (unpaired) electrons. The van der Waals surface area contributed by atoms with Gasteiger partial charge in [-0.15, -0.1) is 0 Å². The number of aryl methyl sites for hydroxylation is 1. The molecule has 3 N–H and O–H groups in total. The van der Waals surface area contributed by atoms with E-state index in [1.54, 1.807) is 12.1 Å². The summed E-state index contributed by atoms with van der Waals surface area (Å²) in [7, 11) is -3.66. The number of hydrogen-bond acceptors (Lipinski definition) is 4. The van der Waals surface area contributed by atoms with Crippen LogP contribution in [-0.4, -0.2) is 30.9 Å². The molecule has 2 aromatic carbocycles. The molecule has 1 aliphatic carbocycles. The molecule has 1 saturated carbocycles. The number of nitrogens with two attached hydrogens (primary N) is 1. The molecular weight excluding hydrogens is 346 g/mol. The Morgan fingerprint density at radius 1 is 1.12 bits per heavy atom. The average molecular weight is 366 g/mol. The van der Waals surface area contributed by atoms with Crippen molar-refractivity contribution in [1.29, 1.82) is 0 Å². The first-order valence-electron chi connectivity index (χ1n) is 7.82. The molecule has 1 fully saturated rings. The summed E-state index contributed by atoms with van der Waals surface area (Å²) < 4.78 is 25.9. The Morgan fingerprint density at radius 3 is 2.21 bits per heavy atom. The first-order chi connectivity index (χ1) is 11.3. The van der Waals surface area contributed by atoms with E-state index in [0.29, 0.717) is 5.02 Å². The number of hydrogen-bond donors (Lipinski definition) is 2. The molecule has 6 heteroatoms. The van der Waals surface area contributed by atoms with Crippen LogP contribution in [0.3, 0.4) is 0 Å². The Hall–Kier alpha value is -1.40. The van der Waals surface area contributed by atoms with Gasteiger partial charge in [-0.1, -0.05) is 42.8 Å². The minimum Gasteiger partial charge on any atom is -0.394 e. The Bertz CT molecular complexity index is 834. The maximum Gasteiger partial charge on any atom is 0.183 e. The molecule has 3 rings (SSSR count). The number of rotatable bonds is 5. The normalized spacial score (nSPS) is 26.3. The van der Waals surface area contributed by atoms with Crippen molar-refractivity contribution < 1.29 is 13.5 Å². The first-order valence-corrected chi connectivity index (χ1v) is 9.75. The number of halogens is 1. The van der Waals surface area contributed by atoms with E-state index in [4.69, 9.17) is 17.3 Å². The maximum absolute atomic E-state index is 13.0. The summed E-state index contributed by atoms with van der Waals surface area (Å²) in [5.41, 5.74) is 7.08. The van der Waals surface area contributed by atoms with Gasteiger partial charge in [-0.3, -0.25) is 0 Å². The Kier molecular flexibility index (Phi) is 4.47. The topological polar surface area (TPSA) is 80.4 Å². The van der Waals surface area contributed by atoms with Crippen molar-refractivity contribution in [1.82, 2.24) is 0 Å². The molecule has 4 nitrogen and oxygen atoms in total. The van der Waals surface area contributed by atoms with Gasteiger partial charge in [0.05, 0.1) is 22.3 Å². The van der Waals surface area contributed by atoms with E-state index in [2.05, 4.69) is 6.92 Å². The Morgan fingerprint density at radius 2 is 1.71 bits per heavy atom. The lowest BCUT2D eigenvalue weighted by molar-refractivity contribution is 0.253. The van der Waals surface area contributed by atoms with Crippen LogP contribution in [0.4, 0.5) is 0 Å². The summed E-state index contributed by atoms with van der Waals surface area (Å²) in [5.74, 6) is -0.422. The third kappa shape index (κ3) is 2.75. The van der Waals surface area contributed by atoms with Crippen LogP contribution < -0.4 is 5.73 Å². The minimum atomic E-state index is -3.66. The highest BCUT2D eigenvalue weighted by Gasteiger charge is 2.69. The van der Waals surface area contributed by atoms with Gasteiger partial charge in [-0.2, -0.15) is 0 Å². The third-order valence-corrected chi connectivity index (χ3v) is 7.36. The predicted octanol–water partition coefficient (Wildman–Crippen LogP) is 2.53. The van der Waals surface area contributed by atoms with Crippen LogP contribution in [0.25, 0.3) is 0 Å². The van der Waals surface area contributed by atoms with E-state index in [0.717, 1.165) is 12.0 Å². The van der Waals surface area contributed by atoms with Crippen LogP contribution in [0.5, 0.6) is 0 Å². The molecule has 128 valence electrons. The molecule has 1 aliphatic rings. The molecule has 2 aromatic rings. The fourth-order valence-corrected chi connectivity index (χ4v) is 5.72. The van der Waals surface area contributed by atoms with Crippen LogP contribution in [-0.2, 0) is 16.3 Å². The van der Waals surface area contributed by atoms with E-state index in [1.807, 2.05) is 24.3 Å². The molecule has 0 spiro atoms. The molecule has 0 saturated heterocycles. The van der Waals surface area contributed by atoms with Gasteiger partial charge in [0.15, 0.2) is 9.84 Å².